The fourth-order valence-electron chi connectivity index (χ4n) is 1.66. The maximum atomic E-state index is 12.1. The summed E-state index contributed by atoms with van der Waals surface area (Å²) in [6, 6.07) is 6.86. The molecule has 1 heterocycles. The first-order chi connectivity index (χ1) is 9.12. The van der Waals surface area contributed by atoms with E-state index in [-0.39, 0.29) is 11.4 Å². The van der Waals surface area contributed by atoms with Gasteiger partial charge in [0.05, 0.1) is 11.1 Å². The molecule has 2 rings (SSSR count). The van der Waals surface area contributed by atoms with E-state index in [1.807, 2.05) is 13.1 Å². The highest BCUT2D eigenvalue weighted by atomic mass is 32.2. The summed E-state index contributed by atoms with van der Waals surface area (Å²) in [5.74, 6) is 0. The molecular formula is C12H16N4O2S. The van der Waals surface area contributed by atoms with Crippen LogP contribution in [0.25, 0.3) is 0 Å². The lowest BCUT2D eigenvalue weighted by Gasteiger charge is -2.07. The quantitative estimate of drug-likeness (QED) is 0.723. The van der Waals surface area contributed by atoms with Gasteiger partial charge in [-0.15, -0.1) is 0 Å². The van der Waals surface area contributed by atoms with Crippen molar-refractivity contribution >= 4 is 10.0 Å². The van der Waals surface area contributed by atoms with E-state index < -0.39 is 10.0 Å². The standard InChI is InChI=1S/C12H16N4O2S/c1-13-6-10-3-2-4-12(5-10)19(17,18)16-9-11-7-14-15-8-11/h2-5,7-8,13,16H,6,9H2,1H3,(H,14,15). The van der Waals surface area contributed by atoms with Crippen LogP contribution in [-0.4, -0.2) is 25.7 Å². The van der Waals surface area contributed by atoms with Crippen LogP contribution in [0.15, 0.2) is 41.6 Å². The summed E-state index contributed by atoms with van der Waals surface area (Å²) in [6.45, 7) is 0.847. The van der Waals surface area contributed by atoms with Gasteiger partial charge in [-0.1, -0.05) is 12.1 Å². The van der Waals surface area contributed by atoms with E-state index >= 15 is 0 Å². The van der Waals surface area contributed by atoms with Crippen molar-refractivity contribution in [3.8, 4) is 0 Å². The summed E-state index contributed by atoms with van der Waals surface area (Å²) in [7, 11) is -1.68. The van der Waals surface area contributed by atoms with E-state index in [1.54, 1.807) is 30.6 Å². The van der Waals surface area contributed by atoms with Crippen LogP contribution in [0.3, 0.4) is 0 Å². The van der Waals surface area contributed by atoms with Crippen LogP contribution < -0.4 is 10.0 Å². The van der Waals surface area contributed by atoms with E-state index in [0.29, 0.717) is 6.54 Å². The topological polar surface area (TPSA) is 86.9 Å². The second kappa shape index (κ2) is 5.96. The molecule has 0 amide bonds. The largest absolute Gasteiger partial charge is 0.316 e. The van der Waals surface area contributed by atoms with Crippen molar-refractivity contribution in [1.29, 1.82) is 0 Å². The van der Waals surface area contributed by atoms with Gasteiger partial charge in [-0.3, -0.25) is 5.10 Å². The van der Waals surface area contributed by atoms with Gasteiger partial charge >= 0.3 is 0 Å². The van der Waals surface area contributed by atoms with Gasteiger partial charge in [0.2, 0.25) is 10.0 Å². The van der Waals surface area contributed by atoms with E-state index in [0.717, 1.165) is 11.1 Å². The third-order valence-electron chi connectivity index (χ3n) is 2.61. The number of aromatic nitrogens is 2. The zero-order valence-corrected chi connectivity index (χ0v) is 11.4. The van der Waals surface area contributed by atoms with Crippen LogP contribution >= 0.6 is 0 Å². The molecule has 0 aliphatic rings. The highest BCUT2D eigenvalue weighted by Crippen LogP contribution is 2.12. The third-order valence-corrected chi connectivity index (χ3v) is 4.01. The lowest BCUT2D eigenvalue weighted by atomic mass is 10.2. The van der Waals surface area contributed by atoms with Crippen molar-refractivity contribution in [3.63, 3.8) is 0 Å². The van der Waals surface area contributed by atoms with Gasteiger partial charge in [0.1, 0.15) is 0 Å². The van der Waals surface area contributed by atoms with E-state index in [2.05, 4.69) is 20.2 Å². The molecule has 1 aromatic carbocycles. The Morgan fingerprint density at radius 1 is 1.26 bits per heavy atom. The van der Waals surface area contributed by atoms with Crippen molar-refractivity contribution < 1.29 is 8.42 Å². The minimum absolute atomic E-state index is 0.217. The molecule has 7 heteroatoms. The molecule has 0 fully saturated rings. The van der Waals surface area contributed by atoms with Crippen LogP contribution in [-0.2, 0) is 23.1 Å². The number of rotatable bonds is 6. The summed E-state index contributed by atoms with van der Waals surface area (Å²) in [6.07, 6.45) is 3.24. The average molecular weight is 280 g/mol. The Morgan fingerprint density at radius 2 is 2.11 bits per heavy atom. The number of benzene rings is 1. The van der Waals surface area contributed by atoms with Crippen molar-refractivity contribution in [1.82, 2.24) is 20.2 Å². The van der Waals surface area contributed by atoms with Crippen molar-refractivity contribution in [2.75, 3.05) is 7.05 Å². The Bertz CT molecular complexity index is 623. The van der Waals surface area contributed by atoms with Gasteiger partial charge < -0.3 is 5.32 Å². The molecular weight excluding hydrogens is 264 g/mol. The molecule has 102 valence electrons. The van der Waals surface area contributed by atoms with Gasteiger partial charge in [-0.05, 0) is 24.7 Å². The first-order valence-electron chi connectivity index (χ1n) is 5.82. The first kappa shape index (κ1) is 13.7. The first-order valence-corrected chi connectivity index (χ1v) is 7.31. The van der Waals surface area contributed by atoms with Gasteiger partial charge in [0, 0.05) is 24.8 Å². The van der Waals surface area contributed by atoms with Gasteiger partial charge in [-0.25, -0.2) is 13.1 Å². The molecule has 2 aromatic rings. The predicted molar refractivity (Wildman–Crippen MR) is 71.8 cm³/mol. The number of sulfonamides is 1. The van der Waals surface area contributed by atoms with Crippen LogP contribution in [0.1, 0.15) is 11.1 Å². The number of aromatic amines is 1. The molecule has 1 aromatic heterocycles. The summed E-state index contributed by atoms with van der Waals surface area (Å²) in [4.78, 5) is 0.267. The zero-order chi connectivity index (χ0) is 13.7. The van der Waals surface area contributed by atoms with Crippen molar-refractivity contribution in [2.45, 2.75) is 18.0 Å². The molecule has 0 saturated heterocycles. The third kappa shape index (κ3) is 3.63. The molecule has 6 nitrogen and oxygen atoms in total. The second-order valence-corrected chi connectivity index (χ2v) is 5.88. The predicted octanol–water partition coefficient (Wildman–Crippen LogP) is 0.608. The number of nitrogens with one attached hydrogen (secondary N) is 3. The van der Waals surface area contributed by atoms with Crippen LogP contribution in [0, 0.1) is 0 Å². The van der Waals surface area contributed by atoms with Crippen LogP contribution in [0.5, 0.6) is 0 Å². The number of hydrogen-bond acceptors (Lipinski definition) is 4. The smallest absolute Gasteiger partial charge is 0.240 e. The Labute approximate surface area is 112 Å². The molecule has 0 radical (unpaired) electrons. The second-order valence-electron chi connectivity index (χ2n) is 4.11. The van der Waals surface area contributed by atoms with Crippen LogP contribution in [0.2, 0.25) is 0 Å². The zero-order valence-electron chi connectivity index (χ0n) is 10.6. The molecule has 0 atom stereocenters. The molecule has 0 aliphatic carbocycles. The maximum Gasteiger partial charge on any atom is 0.240 e. The van der Waals surface area contributed by atoms with Crippen molar-refractivity contribution in [2.24, 2.45) is 0 Å². The fraction of sp³-hybridized carbons (Fsp3) is 0.250. The van der Waals surface area contributed by atoms with E-state index in [9.17, 15) is 8.42 Å². The SMILES string of the molecule is CNCc1cccc(S(=O)(=O)NCc2cn[nH]c2)c1. The van der Waals surface area contributed by atoms with E-state index in [4.69, 9.17) is 0 Å². The Kier molecular flexibility index (Phi) is 4.31. The summed E-state index contributed by atoms with van der Waals surface area (Å²) >= 11 is 0. The highest BCUT2D eigenvalue weighted by molar-refractivity contribution is 7.89. The molecule has 0 unspecified atom stereocenters. The number of H-pyrrole nitrogens is 1. The lowest BCUT2D eigenvalue weighted by Crippen LogP contribution is -2.23. The Hall–Kier alpha value is -1.70. The maximum absolute atomic E-state index is 12.1. The van der Waals surface area contributed by atoms with Crippen LogP contribution in [0.4, 0.5) is 0 Å². The van der Waals surface area contributed by atoms with Gasteiger partial charge in [0.15, 0.2) is 0 Å². The van der Waals surface area contributed by atoms with Gasteiger partial charge in [-0.2, -0.15) is 5.10 Å². The monoisotopic (exact) mass is 280 g/mol. The van der Waals surface area contributed by atoms with Gasteiger partial charge in [0.25, 0.3) is 0 Å². The number of hydrogen-bond donors (Lipinski definition) is 3. The van der Waals surface area contributed by atoms with Crippen molar-refractivity contribution in [3.05, 3.63) is 47.8 Å². The Morgan fingerprint density at radius 3 is 2.79 bits per heavy atom. The minimum atomic E-state index is -3.50. The minimum Gasteiger partial charge on any atom is -0.316 e. The fourth-order valence-corrected chi connectivity index (χ4v) is 2.75. The Balaban J connectivity index is 2.12. The summed E-state index contributed by atoms with van der Waals surface area (Å²) in [5.41, 5.74) is 1.71. The average Bonchev–Trinajstić information content (AvgIpc) is 2.90. The molecule has 3 N–H and O–H groups in total. The summed E-state index contributed by atoms with van der Waals surface area (Å²) < 4.78 is 26.8. The normalized spacial score (nSPS) is 11.6. The lowest BCUT2D eigenvalue weighted by molar-refractivity contribution is 0.581. The molecule has 0 aliphatic heterocycles. The number of nitrogens with zero attached hydrogens (tertiary/aromatic N) is 1. The highest BCUT2D eigenvalue weighted by Gasteiger charge is 2.14. The molecule has 0 spiro atoms. The van der Waals surface area contributed by atoms with E-state index in [1.165, 1.54) is 0 Å². The molecule has 0 bridgehead atoms. The molecule has 0 saturated carbocycles. The molecule has 19 heavy (non-hydrogen) atoms. The summed E-state index contributed by atoms with van der Waals surface area (Å²) in [5, 5.41) is 9.39.